The largest absolute Gasteiger partial charge is 0.416 e. The fourth-order valence-electron chi connectivity index (χ4n) is 3.90. The Morgan fingerprint density at radius 2 is 1.81 bits per heavy atom. The van der Waals surface area contributed by atoms with Gasteiger partial charge in [0, 0.05) is 24.3 Å². The average Bonchev–Trinajstić information content (AvgIpc) is 3.28. The van der Waals surface area contributed by atoms with E-state index in [9.17, 15) is 26.4 Å². The van der Waals surface area contributed by atoms with Crippen LogP contribution in [0.5, 0.6) is 0 Å². The highest BCUT2D eigenvalue weighted by Crippen LogP contribution is 2.35. The Kier molecular flexibility index (Phi) is 5.91. The van der Waals surface area contributed by atoms with E-state index in [2.05, 4.69) is 19.9 Å². The Bertz CT molecular complexity index is 1240. The molecule has 0 amide bonds. The van der Waals surface area contributed by atoms with Gasteiger partial charge in [0.25, 0.3) is 0 Å². The number of nitrogens with one attached hydrogen (secondary N) is 2. The molecule has 2 N–H and O–H groups in total. The first kappa shape index (κ1) is 22.2. The van der Waals surface area contributed by atoms with Gasteiger partial charge in [-0.05, 0) is 61.1 Å². The van der Waals surface area contributed by atoms with Crippen molar-refractivity contribution in [2.75, 3.05) is 0 Å². The van der Waals surface area contributed by atoms with Crippen molar-refractivity contribution < 1.29 is 21.6 Å². The molecule has 32 heavy (non-hydrogen) atoms. The van der Waals surface area contributed by atoms with E-state index in [1.54, 1.807) is 17.2 Å². The molecule has 0 aliphatic heterocycles. The van der Waals surface area contributed by atoms with Crippen molar-refractivity contribution in [2.24, 2.45) is 0 Å². The summed E-state index contributed by atoms with van der Waals surface area (Å²) in [5, 5.41) is 7.53. The maximum atomic E-state index is 13.5. The normalized spacial score (nSPS) is 19.7. The number of alkyl halides is 3. The molecule has 0 bridgehead atoms. The van der Waals surface area contributed by atoms with Crippen molar-refractivity contribution >= 4 is 10.0 Å². The van der Waals surface area contributed by atoms with Crippen LogP contribution in [-0.2, 0) is 16.2 Å². The van der Waals surface area contributed by atoms with E-state index in [0.29, 0.717) is 18.9 Å². The van der Waals surface area contributed by atoms with Gasteiger partial charge in [0.2, 0.25) is 15.6 Å². The smallest absolute Gasteiger partial charge is 0.328 e. The molecule has 4 rings (SSSR count). The number of aromatic amines is 1. The van der Waals surface area contributed by atoms with E-state index in [1.807, 2.05) is 0 Å². The minimum absolute atomic E-state index is 0.00432. The highest BCUT2D eigenvalue weighted by Gasteiger charge is 2.34. The number of pyridine rings is 1. The molecule has 12 heteroatoms. The number of hydrogen-bond acceptors (Lipinski definition) is 5. The van der Waals surface area contributed by atoms with E-state index in [1.165, 1.54) is 18.3 Å². The van der Waals surface area contributed by atoms with Crippen molar-refractivity contribution in [3.63, 3.8) is 0 Å². The van der Waals surface area contributed by atoms with Crippen molar-refractivity contribution in [1.82, 2.24) is 24.5 Å². The average molecular weight is 467 g/mol. The summed E-state index contributed by atoms with van der Waals surface area (Å²) in [7, 11) is -4.24. The molecule has 0 radical (unpaired) electrons. The van der Waals surface area contributed by atoms with Gasteiger partial charge < -0.3 is 9.55 Å². The summed E-state index contributed by atoms with van der Waals surface area (Å²) >= 11 is 0. The van der Waals surface area contributed by atoms with Crippen LogP contribution in [-0.4, -0.2) is 34.2 Å². The zero-order valence-corrected chi connectivity index (χ0v) is 17.5. The number of hydrogen-bond donors (Lipinski definition) is 2. The zero-order chi connectivity index (χ0) is 22.9. The lowest BCUT2D eigenvalue weighted by Crippen LogP contribution is -2.38. The minimum Gasteiger partial charge on any atom is -0.328 e. The van der Waals surface area contributed by atoms with Gasteiger partial charge >= 0.3 is 6.18 Å². The maximum Gasteiger partial charge on any atom is 0.416 e. The number of H-pyrrole nitrogens is 1. The van der Waals surface area contributed by atoms with Crippen LogP contribution in [0, 0.1) is 0 Å². The fourth-order valence-corrected chi connectivity index (χ4v) is 5.25. The molecule has 2 aromatic heterocycles. The number of benzene rings is 1. The molecule has 0 spiro atoms. The Morgan fingerprint density at radius 3 is 2.47 bits per heavy atom. The second-order valence-electron chi connectivity index (χ2n) is 7.73. The molecule has 1 saturated carbocycles. The first-order chi connectivity index (χ1) is 15.1. The van der Waals surface area contributed by atoms with Crippen LogP contribution in [0.3, 0.4) is 0 Å². The molecule has 1 aliphatic rings. The van der Waals surface area contributed by atoms with Crippen LogP contribution < -0.4 is 10.3 Å². The van der Waals surface area contributed by atoms with Gasteiger partial charge in [0.05, 0.1) is 10.5 Å². The molecule has 3 aromatic rings. The lowest BCUT2D eigenvalue weighted by atomic mass is 9.91. The first-order valence-corrected chi connectivity index (χ1v) is 11.4. The van der Waals surface area contributed by atoms with Crippen LogP contribution >= 0.6 is 0 Å². The summed E-state index contributed by atoms with van der Waals surface area (Å²) in [6.45, 7) is 0. The molecule has 0 saturated heterocycles. The number of aromatic nitrogens is 4. The summed E-state index contributed by atoms with van der Waals surface area (Å²) in [4.78, 5) is 13.2. The third kappa shape index (κ3) is 4.91. The highest BCUT2D eigenvalue weighted by atomic mass is 32.2. The standard InChI is InChI=1S/C20H20F3N5O3S/c21-20(22,23)15-6-14(13-4-5-19(29)24-10-13)7-18(8-15)32(30,31)27-16-2-1-3-17(9-16)28-11-25-26-12-28/h4-8,10-12,16-17,27H,1-3,9H2,(H,24,29)/t16-,17+/m0/s1. The maximum absolute atomic E-state index is 13.5. The van der Waals surface area contributed by atoms with Crippen molar-refractivity contribution in [1.29, 1.82) is 0 Å². The van der Waals surface area contributed by atoms with Gasteiger partial charge in [-0.25, -0.2) is 13.1 Å². The number of halogens is 3. The predicted octanol–water partition coefficient (Wildman–Crippen LogP) is 3.11. The predicted molar refractivity (Wildman–Crippen MR) is 109 cm³/mol. The third-order valence-electron chi connectivity index (χ3n) is 5.49. The lowest BCUT2D eigenvalue weighted by Gasteiger charge is -2.30. The summed E-state index contributed by atoms with van der Waals surface area (Å²) in [5.41, 5.74) is -1.22. The van der Waals surface area contributed by atoms with E-state index >= 15 is 0 Å². The van der Waals surface area contributed by atoms with Crippen LogP contribution in [0.15, 0.2) is 58.9 Å². The fraction of sp³-hybridized carbons (Fsp3) is 0.350. The van der Waals surface area contributed by atoms with Gasteiger partial charge in [-0.2, -0.15) is 13.2 Å². The highest BCUT2D eigenvalue weighted by molar-refractivity contribution is 7.89. The molecule has 0 unspecified atom stereocenters. The summed E-state index contributed by atoms with van der Waals surface area (Å²) in [6.07, 6.45) is 2.25. The van der Waals surface area contributed by atoms with Crippen LogP contribution in [0.1, 0.15) is 37.3 Å². The van der Waals surface area contributed by atoms with Gasteiger partial charge in [0.1, 0.15) is 12.7 Å². The zero-order valence-electron chi connectivity index (χ0n) is 16.7. The van der Waals surface area contributed by atoms with E-state index in [0.717, 1.165) is 25.0 Å². The van der Waals surface area contributed by atoms with Gasteiger partial charge in [0.15, 0.2) is 0 Å². The summed E-state index contributed by atoms with van der Waals surface area (Å²) in [5.74, 6) is 0. The van der Waals surface area contributed by atoms with Gasteiger partial charge in [-0.1, -0.05) is 0 Å². The van der Waals surface area contributed by atoms with Gasteiger partial charge in [-0.15, -0.1) is 10.2 Å². The summed E-state index contributed by atoms with van der Waals surface area (Å²) < 4.78 is 70.9. The molecular weight excluding hydrogens is 447 g/mol. The molecule has 1 aliphatic carbocycles. The number of rotatable bonds is 5. The second kappa shape index (κ2) is 8.51. The Labute approximate surface area is 181 Å². The second-order valence-corrected chi connectivity index (χ2v) is 9.45. The molecule has 2 atom stereocenters. The van der Waals surface area contributed by atoms with Crippen molar-refractivity contribution in [3.8, 4) is 11.1 Å². The Morgan fingerprint density at radius 1 is 1.06 bits per heavy atom. The SMILES string of the molecule is O=c1ccc(-c2cc(C(F)(F)F)cc(S(=O)(=O)N[C@H]3CCC[C@@H](n4cnnc4)C3)c2)c[nH]1. The van der Waals surface area contributed by atoms with Crippen LogP contribution in [0.2, 0.25) is 0 Å². The number of sulfonamides is 1. The molecule has 8 nitrogen and oxygen atoms in total. The first-order valence-electron chi connectivity index (χ1n) is 9.90. The molecule has 170 valence electrons. The molecule has 2 heterocycles. The molecule has 1 fully saturated rings. The lowest BCUT2D eigenvalue weighted by molar-refractivity contribution is -0.137. The van der Waals surface area contributed by atoms with E-state index < -0.39 is 38.3 Å². The van der Waals surface area contributed by atoms with Crippen molar-refractivity contribution in [3.05, 3.63) is 65.1 Å². The monoisotopic (exact) mass is 467 g/mol. The van der Waals surface area contributed by atoms with Crippen molar-refractivity contribution in [2.45, 2.75) is 48.8 Å². The molecule has 1 aromatic carbocycles. The van der Waals surface area contributed by atoms with Crippen LogP contribution in [0.25, 0.3) is 11.1 Å². The topological polar surface area (TPSA) is 110 Å². The Hall–Kier alpha value is -2.99. The summed E-state index contributed by atoms with van der Waals surface area (Å²) in [6, 6.07) is 4.72. The van der Waals surface area contributed by atoms with Crippen LogP contribution in [0.4, 0.5) is 13.2 Å². The van der Waals surface area contributed by atoms with E-state index in [-0.39, 0.29) is 17.2 Å². The van der Waals surface area contributed by atoms with E-state index in [4.69, 9.17) is 0 Å². The quantitative estimate of drug-likeness (QED) is 0.599. The third-order valence-corrected chi connectivity index (χ3v) is 6.99. The minimum atomic E-state index is -4.74. The Balaban J connectivity index is 1.65. The number of nitrogens with zero attached hydrogens (tertiary/aromatic N) is 3. The van der Waals surface area contributed by atoms with Gasteiger partial charge in [-0.3, -0.25) is 4.79 Å². The molecular formula is C20H20F3N5O3S.